The van der Waals surface area contributed by atoms with Gasteiger partial charge in [0.2, 0.25) is 0 Å². The Morgan fingerprint density at radius 2 is 0.869 bits per heavy atom. The Morgan fingerprint density at radius 3 is 1.23 bits per heavy atom. The number of fused-ring (bicyclic) bond motifs is 2. The summed E-state index contributed by atoms with van der Waals surface area (Å²) < 4.78 is 0. The molecule has 0 aliphatic heterocycles. The van der Waals surface area contributed by atoms with E-state index in [2.05, 4.69) is 144 Å². The van der Waals surface area contributed by atoms with Crippen LogP contribution in [0.4, 0.5) is 0 Å². The SMILES string of the molecule is CCc1cc2c(-c3ccc(C45CC6CC(CC(C6)C4)C5)cc3)cccc2[cH-]1.Cc1cc2c(-c3ccc(C45CC6CC(CC(C6)C4)C5)cc3)cccc2[cH-]1.Cl.Cl.[CH2-]C.[CH2-]C.[Si]=[Zr]. The molecule has 0 aromatic heterocycles. The number of hydrogen-bond acceptors (Lipinski definition) is 0. The first kappa shape index (κ1) is 48.2. The van der Waals surface area contributed by atoms with Gasteiger partial charge in [-0.2, -0.15) is 26.0 Å². The molecule has 0 nitrogen and oxygen atoms in total. The van der Waals surface area contributed by atoms with Crippen LogP contribution in [-0.2, 0) is 40.6 Å². The van der Waals surface area contributed by atoms with Crippen LogP contribution in [0.3, 0.4) is 0 Å². The first-order valence-electron chi connectivity index (χ1n) is 23.1. The summed E-state index contributed by atoms with van der Waals surface area (Å²) in [5.41, 5.74) is 12.6. The molecular formula is C57H68Cl2SiZr-4. The quantitative estimate of drug-likeness (QED) is 0.119. The molecule has 8 aliphatic carbocycles. The zero-order chi connectivity index (χ0) is 41.3. The van der Waals surface area contributed by atoms with Crippen molar-refractivity contribution in [2.24, 2.45) is 35.5 Å². The van der Waals surface area contributed by atoms with E-state index in [4.69, 9.17) is 0 Å². The molecule has 0 heterocycles. The predicted molar refractivity (Wildman–Crippen MR) is 266 cm³/mol. The molecule has 8 bridgehead atoms. The molecule has 8 saturated carbocycles. The zero-order valence-corrected chi connectivity index (χ0v) is 42.4. The normalized spacial score (nSPS) is 28.1. The Hall–Kier alpha value is -2.22. The van der Waals surface area contributed by atoms with Crippen LogP contribution in [0, 0.1) is 56.3 Å². The predicted octanol–water partition coefficient (Wildman–Crippen LogP) is 16.4. The van der Waals surface area contributed by atoms with Gasteiger partial charge < -0.3 is 13.8 Å². The number of aryl methyl sites for hydroxylation is 2. The summed E-state index contributed by atoms with van der Waals surface area (Å²) in [5.74, 6) is 6.09. The third kappa shape index (κ3) is 9.47. The molecule has 0 saturated heterocycles. The van der Waals surface area contributed by atoms with Crippen molar-refractivity contribution >= 4 is 53.2 Å². The second kappa shape index (κ2) is 20.7. The maximum absolute atomic E-state index is 3.25. The summed E-state index contributed by atoms with van der Waals surface area (Å²) in [6, 6.07) is 42.3. The molecule has 6 aromatic rings. The molecule has 4 heteroatoms. The molecule has 6 aromatic carbocycles. The van der Waals surface area contributed by atoms with Crippen LogP contribution in [0.5, 0.6) is 0 Å². The molecule has 8 aliphatic rings. The Bertz CT molecular complexity index is 2260. The van der Waals surface area contributed by atoms with Crippen LogP contribution in [-0.4, -0.2) is 6.88 Å². The van der Waals surface area contributed by atoms with Crippen molar-refractivity contribution in [2.45, 2.75) is 122 Å². The van der Waals surface area contributed by atoms with Gasteiger partial charge in [0.15, 0.2) is 0 Å². The summed E-state index contributed by atoms with van der Waals surface area (Å²) in [6.45, 7) is 17.5. The fraction of sp³-hybridized carbons (Fsp3) is 0.439. The Kier molecular flexibility index (Phi) is 16.4. The maximum atomic E-state index is 3.25. The van der Waals surface area contributed by atoms with Gasteiger partial charge in [0, 0.05) is 0 Å². The van der Waals surface area contributed by atoms with Crippen molar-refractivity contribution in [3.8, 4) is 22.3 Å². The van der Waals surface area contributed by atoms with Gasteiger partial charge >= 0.3 is 30.2 Å². The van der Waals surface area contributed by atoms with Gasteiger partial charge in [-0.05, 0) is 152 Å². The molecule has 2 radical (unpaired) electrons. The molecule has 0 N–H and O–H groups in total. The van der Waals surface area contributed by atoms with Crippen LogP contribution in [0.25, 0.3) is 43.8 Å². The molecule has 0 unspecified atom stereocenters. The number of benzene rings is 4. The van der Waals surface area contributed by atoms with Crippen molar-refractivity contribution < 1.29 is 23.3 Å². The van der Waals surface area contributed by atoms with Crippen LogP contribution < -0.4 is 0 Å². The average Bonchev–Trinajstić information content (AvgIpc) is 3.88. The molecule has 61 heavy (non-hydrogen) atoms. The van der Waals surface area contributed by atoms with E-state index in [-0.39, 0.29) is 24.8 Å². The van der Waals surface area contributed by atoms with E-state index in [1.807, 2.05) is 0 Å². The van der Waals surface area contributed by atoms with E-state index >= 15 is 0 Å². The minimum atomic E-state index is 0. The number of hydrogen-bond donors (Lipinski definition) is 0. The minimum absolute atomic E-state index is 0. The standard InChI is InChI=1S/C27H29.C26H27.2C2H5.2ClH.Si.Zr/c1-2-18-13-23-4-3-5-25(26(23)14-18)22-6-8-24(9-7-22)27-15-19-10-20(16-27)12-21(11-19)17-27;1-17-9-22-3-2-4-24(25(22)10-17)21-5-7-23(8-6-21)26-14-18-11-19(15-26)13-20(12-18)16-26;2*1-2;;;;/h3-9,13-14,19-21H,2,10-12,15-17H2,1H3;2-10,18-20H,11-16H2,1H3;2*1H2,2H3;2*1H;;/q4*-1;;;;. The monoisotopic (exact) mass is 940 g/mol. The molecule has 322 valence electrons. The van der Waals surface area contributed by atoms with E-state index in [0.717, 1.165) is 41.9 Å². The Balaban J connectivity index is 0.000000177. The van der Waals surface area contributed by atoms with Gasteiger partial charge in [-0.25, -0.2) is 0 Å². The number of rotatable bonds is 5. The zero-order valence-electron chi connectivity index (χ0n) is 37.3. The summed E-state index contributed by atoms with van der Waals surface area (Å²) in [5, 5.41) is 5.56. The van der Waals surface area contributed by atoms with Gasteiger partial charge in [0.25, 0.3) is 0 Å². The van der Waals surface area contributed by atoms with Gasteiger partial charge in [-0.1, -0.05) is 85.6 Å². The summed E-state index contributed by atoms with van der Waals surface area (Å²) in [6.07, 6.45) is 19.0. The van der Waals surface area contributed by atoms with Crippen LogP contribution in [0.15, 0.2) is 109 Å². The van der Waals surface area contributed by atoms with Crippen molar-refractivity contribution in [1.82, 2.24) is 0 Å². The fourth-order valence-electron chi connectivity index (χ4n) is 14.3. The summed E-state index contributed by atoms with van der Waals surface area (Å²) in [7, 11) is 0. The fourth-order valence-corrected chi connectivity index (χ4v) is 14.3. The average molecular weight is 943 g/mol. The second-order valence-corrected chi connectivity index (χ2v) is 19.4. The van der Waals surface area contributed by atoms with E-state index in [9.17, 15) is 0 Å². The summed E-state index contributed by atoms with van der Waals surface area (Å²) >= 11 is 1.36. The third-order valence-corrected chi connectivity index (χ3v) is 15.8. The van der Waals surface area contributed by atoms with Gasteiger partial charge in [0.1, 0.15) is 0 Å². The van der Waals surface area contributed by atoms with Crippen molar-refractivity contribution in [2.75, 3.05) is 0 Å². The van der Waals surface area contributed by atoms with Crippen LogP contribution in [0.1, 0.15) is 120 Å². The van der Waals surface area contributed by atoms with Gasteiger partial charge in [-0.15, -0.1) is 93.9 Å². The Morgan fingerprint density at radius 1 is 0.525 bits per heavy atom. The number of halogens is 2. The molecule has 8 fully saturated rings. The molecular weight excluding hydrogens is 875 g/mol. The van der Waals surface area contributed by atoms with E-state index in [1.54, 1.807) is 25.0 Å². The topological polar surface area (TPSA) is 0 Å². The van der Waals surface area contributed by atoms with Crippen LogP contribution >= 0.6 is 24.8 Å². The van der Waals surface area contributed by atoms with Gasteiger partial charge in [-0.3, -0.25) is 0 Å². The molecule has 0 spiro atoms. The second-order valence-electron chi connectivity index (χ2n) is 19.4. The first-order chi connectivity index (χ1) is 28.9. The summed E-state index contributed by atoms with van der Waals surface area (Å²) in [4.78, 5) is 0. The first-order valence-corrected chi connectivity index (χ1v) is 27.3. The van der Waals surface area contributed by atoms with Crippen LogP contribution in [0.2, 0.25) is 0 Å². The molecule has 0 atom stereocenters. The Labute approximate surface area is 398 Å². The molecule has 14 rings (SSSR count). The van der Waals surface area contributed by atoms with Crippen molar-refractivity contribution in [1.29, 1.82) is 0 Å². The van der Waals surface area contributed by atoms with Gasteiger partial charge in [0.05, 0.1) is 0 Å². The molecule has 0 amide bonds. The van der Waals surface area contributed by atoms with Crippen molar-refractivity contribution in [3.05, 3.63) is 145 Å². The van der Waals surface area contributed by atoms with E-state index < -0.39 is 0 Å². The third-order valence-electron chi connectivity index (χ3n) is 15.8. The van der Waals surface area contributed by atoms with Crippen molar-refractivity contribution in [3.63, 3.8) is 0 Å². The van der Waals surface area contributed by atoms with E-state index in [0.29, 0.717) is 10.8 Å². The van der Waals surface area contributed by atoms with E-state index in [1.165, 1.54) is 155 Å².